The fourth-order valence-electron chi connectivity index (χ4n) is 1.79. The lowest BCUT2D eigenvalue weighted by Gasteiger charge is -2.18. The van der Waals surface area contributed by atoms with Crippen molar-refractivity contribution in [2.45, 2.75) is 25.0 Å². The van der Waals surface area contributed by atoms with Gasteiger partial charge in [-0.2, -0.15) is 0 Å². The number of benzene rings is 1. The van der Waals surface area contributed by atoms with Gasteiger partial charge in [0, 0.05) is 6.61 Å². The normalized spacial score (nSPS) is 23.7. The van der Waals surface area contributed by atoms with Crippen LogP contribution >= 0.6 is 0 Å². The van der Waals surface area contributed by atoms with Gasteiger partial charge in [0.15, 0.2) is 0 Å². The molecule has 14 heavy (non-hydrogen) atoms. The number of halogens is 1. The Morgan fingerprint density at radius 1 is 1.36 bits per heavy atom. The molecule has 1 aromatic rings. The molecule has 1 aliphatic heterocycles. The van der Waals surface area contributed by atoms with Crippen LogP contribution in [0.4, 0.5) is 4.39 Å². The zero-order chi connectivity index (χ0) is 9.97. The van der Waals surface area contributed by atoms with Crippen LogP contribution in [-0.4, -0.2) is 12.7 Å². The first kappa shape index (κ1) is 9.62. The van der Waals surface area contributed by atoms with E-state index in [-0.39, 0.29) is 18.0 Å². The number of hydrogen-bond donors (Lipinski definition) is 1. The van der Waals surface area contributed by atoms with Crippen LogP contribution < -0.4 is 5.73 Å². The monoisotopic (exact) mass is 195 g/mol. The highest BCUT2D eigenvalue weighted by atomic mass is 19.1. The summed E-state index contributed by atoms with van der Waals surface area (Å²) in [5.41, 5.74) is 6.95. The average molecular weight is 195 g/mol. The molecule has 1 aromatic carbocycles. The molecule has 2 nitrogen and oxygen atoms in total. The van der Waals surface area contributed by atoms with Crippen LogP contribution in [0.25, 0.3) is 0 Å². The molecule has 0 aliphatic carbocycles. The van der Waals surface area contributed by atoms with Gasteiger partial charge in [0.25, 0.3) is 0 Å². The minimum Gasteiger partial charge on any atom is -0.376 e. The summed E-state index contributed by atoms with van der Waals surface area (Å²) in [5, 5.41) is 0. The van der Waals surface area contributed by atoms with Crippen LogP contribution in [0.3, 0.4) is 0 Å². The molecule has 2 N–H and O–H groups in total. The van der Waals surface area contributed by atoms with Crippen molar-refractivity contribution in [1.29, 1.82) is 0 Å². The second-order valence-corrected chi connectivity index (χ2v) is 3.63. The van der Waals surface area contributed by atoms with Gasteiger partial charge in [-0.05, 0) is 30.5 Å². The first-order valence-corrected chi connectivity index (χ1v) is 4.90. The Morgan fingerprint density at radius 3 is 2.64 bits per heavy atom. The van der Waals surface area contributed by atoms with Gasteiger partial charge in [-0.3, -0.25) is 0 Å². The summed E-state index contributed by atoms with van der Waals surface area (Å²) in [6.07, 6.45) is 2.17. The van der Waals surface area contributed by atoms with Crippen molar-refractivity contribution in [3.05, 3.63) is 35.6 Å². The summed E-state index contributed by atoms with van der Waals surface area (Å²) < 4.78 is 18.1. The standard InChI is InChI=1S/C11H14FNO/c12-9-5-3-8(4-6-9)11(13)10-2-1-7-14-10/h3-6,10-11H,1-2,7,13H2/t10-,11+/m0/s1. The maximum absolute atomic E-state index is 12.7. The molecule has 1 aliphatic rings. The lowest BCUT2D eigenvalue weighted by Crippen LogP contribution is -2.25. The van der Waals surface area contributed by atoms with Crippen molar-refractivity contribution in [3.63, 3.8) is 0 Å². The summed E-state index contributed by atoms with van der Waals surface area (Å²) in [7, 11) is 0. The topological polar surface area (TPSA) is 35.2 Å². The molecule has 0 radical (unpaired) electrons. The third-order valence-electron chi connectivity index (χ3n) is 2.62. The van der Waals surface area contributed by atoms with Gasteiger partial charge in [0.2, 0.25) is 0 Å². The first-order chi connectivity index (χ1) is 6.77. The molecular formula is C11H14FNO. The minimum atomic E-state index is -0.228. The van der Waals surface area contributed by atoms with E-state index in [4.69, 9.17) is 10.5 Å². The second kappa shape index (κ2) is 4.07. The largest absolute Gasteiger partial charge is 0.376 e. The molecule has 0 saturated carbocycles. The molecule has 1 saturated heterocycles. The van der Waals surface area contributed by atoms with Gasteiger partial charge in [-0.25, -0.2) is 4.39 Å². The SMILES string of the molecule is N[C@H](c1ccc(F)cc1)[C@@H]1CCCO1. The molecule has 0 bridgehead atoms. The van der Waals surface area contributed by atoms with Crippen LogP contribution in [-0.2, 0) is 4.74 Å². The van der Waals surface area contributed by atoms with Gasteiger partial charge < -0.3 is 10.5 Å². The highest BCUT2D eigenvalue weighted by molar-refractivity contribution is 5.20. The predicted molar refractivity (Wildman–Crippen MR) is 52.3 cm³/mol. The van der Waals surface area contributed by atoms with Crippen LogP contribution in [0.5, 0.6) is 0 Å². The maximum atomic E-state index is 12.7. The maximum Gasteiger partial charge on any atom is 0.123 e. The Kier molecular flexibility index (Phi) is 2.79. The van der Waals surface area contributed by atoms with Crippen molar-refractivity contribution < 1.29 is 9.13 Å². The molecule has 0 aromatic heterocycles. The van der Waals surface area contributed by atoms with E-state index in [1.165, 1.54) is 12.1 Å². The van der Waals surface area contributed by atoms with E-state index in [0.717, 1.165) is 25.0 Å². The van der Waals surface area contributed by atoms with Gasteiger partial charge >= 0.3 is 0 Å². The number of hydrogen-bond acceptors (Lipinski definition) is 2. The van der Waals surface area contributed by atoms with E-state index < -0.39 is 0 Å². The van der Waals surface area contributed by atoms with Crippen molar-refractivity contribution in [2.24, 2.45) is 5.73 Å². The van der Waals surface area contributed by atoms with Crippen LogP contribution in [0.1, 0.15) is 24.4 Å². The molecular weight excluding hydrogens is 181 g/mol. The van der Waals surface area contributed by atoms with Gasteiger partial charge in [-0.15, -0.1) is 0 Å². The third-order valence-corrected chi connectivity index (χ3v) is 2.62. The van der Waals surface area contributed by atoms with E-state index in [1.54, 1.807) is 12.1 Å². The van der Waals surface area contributed by atoms with E-state index in [1.807, 2.05) is 0 Å². The second-order valence-electron chi connectivity index (χ2n) is 3.63. The Bertz CT molecular complexity index is 293. The van der Waals surface area contributed by atoms with Crippen molar-refractivity contribution in [1.82, 2.24) is 0 Å². The predicted octanol–water partition coefficient (Wildman–Crippen LogP) is 2.00. The molecule has 76 valence electrons. The first-order valence-electron chi connectivity index (χ1n) is 4.90. The van der Waals surface area contributed by atoms with Crippen molar-refractivity contribution in [2.75, 3.05) is 6.61 Å². The number of nitrogens with two attached hydrogens (primary N) is 1. The smallest absolute Gasteiger partial charge is 0.123 e. The van der Waals surface area contributed by atoms with E-state index >= 15 is 0 Å². The Labute approximate surface area is 82.9 Å². The Balaban J connectivity index is 2.09. The van der Waals surface area contributed by atoms with Crippen LogP contribution in [0.2, 0.25) is 0 Å². The van der Waals surface area contributed by atoms with Gasteiger partial charge in [0.05, 0.1) is 12.1 Å². The highest BCUT2D eigenvalue weighted by Crippen LogP contribution is 2.24. The van der Waals surface area contributed by atoms with E-state index in [9.17, 15) is 4.39 Å². The lowest BCUT2D eigenvalue weighted by molar-refractivity contribution is 0.0900. The molecule has 1 heterocycles. The van der Waals surface area contributed by atoms with Crippen LogP contribution in [0.15, 0.2) is 24.3 Å². The Hall–Kier alpha value is -0.930. The summed E-state index contributed by atoms with van der Waals surface area (Å²) >= 11 is 0. The quantitative estimate of drug-likeness (QED) is 0.783. The molecule has 2 atom stereocenters. The average Bonchev–Trinajstić information content (AvgIpc) is 2.71. The van der Waals surface area contributed by atoms with Gasteiger partial charge in [0.1, 0.15) is 5.82 Å². The molecule has 2 rings (SSSR count). The van der Waals surface area contributed by atoms with Gasteiger partial charge in [-0.1, -0.05) is 12.1 Å². The number of rotatable bonds is 2. The highest BCUT2D eigenvalue weighted by Gasteiger charge is 2.23. The number of ether oxygens (including phenoxy) is 1. The lowest BCUT2D eigenvalue weighted by atomic mass is 10.0. The molecule has 1 fully saturated rings. The zero-order valence-electron chi connectivity index (χ0n) is 7.95. The molecule has 0 amide bonds. The van der Waals surface area contributed by atoms with Crippen molar-refractivity contribution >= 4 is 0 Å². The summed E-state index contributed by atoms with van der Waals surface area (Å²) in [6.45, 7) is 0.791. The molecule has 0 spiro atoms. The van der Waals surface area contributed by atoms with Crippen LogP contribution in [0, 0.1) is 5.82 Å². The molecule has 0 unspecified atom stereocenters. The fourth-order valence-corrected chi connectivity index (χ4v) is 1.79. The molecule has 3 heteroatoms. The van der Waals surface area contributed by atoms with E-state index in [0.29, 0.717) is 0 Å². The van der Waals surface area contributed by atoms with E-state index in [2.05, 4.69) is 0 Å². The summed E-state index contributed by atoms with van der Waals surface area (Å²) in [5.74, 6) is -0.228. The summed E-state index contributed by atoms with van der Waals surface area (Å²) in [6, 6.07) is 6.19. The minimum absolute atomic E-state index is 0.0976. The zero-order valence-corrected chi connectivity index (χ0v) is 7.95. The third kappa shape index (κ3) is 1.94. The van der Waals surface area contributed by atoms with Crippen molar-refractivity contribution in [3.8, 4) is 0 Å². The summed E-state index contributed by atoms with van der Waals surface area (Å²) in [4.78, 5) is 0. The fraction of sp³-hybridized carbons (Fsp3) is 0.455. The Morgan fingerprint density at radius 2 is 2.07 bits per heavy atom.